The molecular formula is C17H20N4O. The summed E-state index contributed by atoms with van der Waals surface area (Å²) < 4.78 is 5.39. The summed E-state index contributed by atoms with van der Waals surface area (Å²) in [6.07, 6.45) is 0. The Balaban J connectivity index is 2.19. The lowest BCUT2D eigenvalue weighted by atomic mass is 9.96. The molecule has 2 aromatic rings. The number of aryl methyl sites for hydroxylation is 1. The number of fused-ring (bicyclic) bond motifs is 1. The Labute approximate surface area is 130 Å². The van der Waals surface area contributed by atoms with Gasteiger partial charge in [-0.25, -0.2) is 4.98 Å². The molecule has 5 nitrogen and oxygen atoms in total. The van der Waals surface area contributed by atoms with Crippen molar-refractivity contribution in [3.05, 3.63) is 34.9 Å². The number of hydrogen-bond donors (Lipinski definition) is 1. The van der Waals surface area contributed by atoms with Crippen LogP contribution in [0.5, 0.6) is 0 Å². The third-order valence-electron chi connectivity index (χ3n) is 4.13. The van der Waals surface area contributed by atoms with Gasteiger partial charge in [0.15, 0.2) is 0 Å². The van der Waals surface area contributed by atoms with Crippen molar-refractivity contribution in [1.82, 2.24) is 4.98 Å². The maximum absolute atomic E-state index is 9.43. The molecule has 1 aromatic heterocycles. The molecule has 3 rings (SSSR count). The minimum Gasteiger partial charge on any atom is -0.378 e. The molecule has 1 aliphatic rings. The number of rotatable bonds is 2. The Bertz CT molecular complexity index is 742. The van der Waals surface area contributed by atoms with E-state index in [9.17, 15) is 5.26 Å². The molecule has 5 heteroatoms. The first-order chi connectivity index (χ1) is 10.6. The van der Waals surface area contributed by atoms with Crippen molar-refractivity contribution < 1.29 is 4.74 Å². The van der Waals surface area contributed by atoms with E-state index in [0.29, 0.717) is 5.56 Å². The van der Waals surface area contributed by atoms with Crippen LogP contribution in [-0.4, -0.2) is 31.3 Å². The smallest absolute Gasteiger partial charge is 0.129 e. The average molecular weight is 296 g/mol. The fraction of sp³-hybridized carbons (Fsp3) is 0.412. The molecule has 0 radical (unpaired) electrons. The van der Waals surface area contributed by atoms with E-state index in [1.807, 2.05) is 32.0 Å². The lowest BCUT2D eigenvalue weighted by Crippen LogP contribution is -2.36. The molecule has 1 unspecified atom stereocenters. The number of anilines is 1. The highest BCUT2D eigenvalue weighted by Crippen LogP contribution is 2.29. The molecule has 0 bridgehead atoms. The molecular weight excluding hydrogens is 276 g/mol. The zero-order chi connectivity index (χ0) is 15.7. The van der Waals surface area contributed by atoms with Gasteiger partial charge in [0.2, 0.25) is 0 Å². The van der Waals surface area contributed by atoms with Crippen LogP contribution < -0.4 is 10.6 Å². The molecule has 1 aliphatic heterocycles. The lowest BCUT2D eigenvalue weighted by Gasteiger charge is -2.28. The van der Waals surface area contributed by atoms with Crippen molar-refractivity contribution in [3.8, 4) is 6.07 Å². The van der Waals surface area contributed by atoms with E-state index < -0.39 is 0 Å². The largest absolute Gasteiger partial charge is 0.378 e. The molecule has 114 valence electrons. The van der Waals surface area contributed by atoms with Crippen molar-refractivity contribution in [3.63, 3.8) is 0 Å². The predicted molar refractivity (Wildman–Crippen MR) is 86.8 cm³/mol. The van der Waals surface area contributed by atoms with Crippen LogP contribution in [0.3, 0.4) is 0 Å². The lowest BCUT2D eigenvalue weighted by molar-refractivity contribution is 0.122. The van der Waals surface area contributed by atoms with Crippen molar-refractivity contribution >= 4 is 16.7 Å². The maximum atomic E-state index is 9.43. The summed E-state index contributed by atoms with van der Waals surface area (Å²) >= 11 is 0. The highest BCUT2D eigenvalue weighted by molar-refractivity contribution is 5.90. The first-order valence-corrected chi connectivity index (χ1v) is 7.54. The summed E-state index contributed by atoms with van der Waals surface area (Å²) in [5.74, 6) is 0.922. The zero-order valence-electron chi connectivity index (χ0n) is 13.0. The molecule has 2 heterocycles. The Morgan fingerprint density at radius 2 is 2.09 bits per heavy atom. The quantitative estimate of drug-likeness (QED) is 0.920. The van der Waals surface area contributed by atoms with E-state index in [-0.39, 0.29) is 6.04 Å². The van der Waals surface area contributed by atoms with Gasteiger partial charge in [0, 0.05) is 24.5 Å². The number of pyridine rings is 1. The Kier molecular flexibility index (Phi) is 3.97. The second-order valence-electron chi connectivity index (χ2n) is 5.72. The van der Waals surface area contributed by atoms with E-state index in [4.69, 9.17) is 15.5 Å². The number of nitriles is 1. The second kappa shape index (κ2) is 5.91. The van der Waals surface area contributed by atoms with Gasteiger partial charge >= 0.3 is 0 Å². The normalized spacial score (nSPS) is 16.5. The monoisotopic (exact) mass is 296 g/mol. The highest BCUT2D eigenvalue weighted by Gasteiger charge is 2.17. The van der Waals surface area contributed by atoms with Crippen LogP contribution in [0.1, 0.15) is 29.7 Å². The van der Waals surface area contributed by atoms with E-state index in [2.05, 4.69) is 11.0 Å². The van der Waals surface area contributed by atoms with Crippen molar-refractivity contribution in [1.29, 1.82) is 5.26 Å². The van der Waals surface area contributed by atoms with Gasteiger partial charge in [0.1, 0.15) is 11.9 Å². The topological polar surface area (TPSA) is 75.2 Å². The highest BCUT2D eigenvalue weighted by atomic mass is 16.5. The summed E-state index contributed by atoms with van der Waals surface area (Å²) in [4.78, 5) is 7.02. The van der Waals surface area contributed by atoms with Crippen LogP contribution in [0.2, 0.25) is 0 Å². The third kappa shape index (κ3) is 2.52. The number of hydrogen-bond acceptors (Lipinski definition) is 5. The van der Waals surface area contributed by atoms with Crippen LogP contribution in [0.15, 0.2) is 18.2 Å². The summed E-state index contributed by atoms with van der Waals surface area (Å²) in [7, 11) is 0. The molecule has 0 saturated carbocycles. The van der Waals surface area contributed by atoms with Gasteiger partial charge < -0.3 is 15.4 Å². The van der Waals surface area contributed by atoms with E-state index in [1.54, 1.807) is 0 Å². The Morgan fingerprint density at radius 3 is 2.73 bits per heavy atom. The van der Waals surface area contributed by atoms with Crippen LogP contribution in [0, 0.1) is 18.3 Å². The van der Waals surface area contributed by atoms with Gasteiger partial charge in [-0.15, -0.1) is 0 Å². The van der Waals surface area contributed by atoms with Crippen LogP contribution >= 0.6 is 0 Å². The van der Waals surface area contributed by atoms with E-state index in [0.717, 1.165) is 54.2 Å². The number of morpholine rings is 1. The van der Waals surface area contributed by atoms with Crippen LogP contribution in [0.4, 0.5) is 5.82 Å². The minimum atomic E-state index is -0.124. The average Bonchev–Trinajstić information content (AvgIpc) is 2.54. The molecule has 2 N–H and O–H groups in total. The summed E-state index contributed by atoms with van der Waals surface area (Å²) in [5.41, 5.74) is 9.56. The van der Waals surface area contributed by atoms with Gasteiger partial charge in [-0.1, -0.05) is 6.07 Å². The number of ether oxygens (including phenoxy) is 1. The fourth-order valence-corrected chi connectivity index (χ4v) is 2.92. The molecule has 1 atom stereocenters. The molecule has 22 heavy (non-hydrogen) atoms. The molecule has 1 aromatic carbocycles. The van der Waals surface area contributed by atoms with Gasteiger partial charge in [-0.3, -0.25) is 0 Å². The number of nitrogens with two attached hydrogens (primary N) is 1. The van der Waals surface area contributed by atoms with Crippen LogP contribution in [-0.2, 0) is 4.74 Å². The molecule has 0 aliphatic carbocycles. The molecule has 1 fully saturated rings. The van der Waals surface area contributed by atoms with Crippen molar-refractivity contribution in [2.75, 3.05) is 31.2 Å². The second-order valence-corrected chi connectivity index (χ2v) is 5.72. The van der Waals surface area contributed by atoms with E-state index in [1.165, 1.54) is 0 Å². The minimum absolute atomic E-state index is 0.124. The fourth-order valence-electron chi connectivity index (χ4n) is 2.92. The predicted octanol–water partition coefficient (Wildman–Crippen LogP) is 2.27. The molecule has 0 spiro atoms. The van der Waals surface area contributed by atoms with Crippen molar-refractivity contribution in [2.45, 2.75) is 19.9 Å². The maximum Gasteiger partial charge on any atom is 0.129 e. The number of nitrogens with zero attached hydrogens (tertiary/aromatic N) is 3. The molecule has 0 amide bonds. The van der Waals surface area contributed by atoms with Gasteiger partial charge in [-0.2, -0.15) is 5.26 Å². The summed E-state index contributed by atoms with van der Waals surface area (Å²) in [6, 6.07) is 8.13. The number of aromatic nitrogens is 1. The van der Waals surface area contributed by atoms with Gasteiger partial charge in [0.05, 0.1) is 24.3 Å². The first-order valence-electron chi connectivity index (χ1n) is 7.54. The Morgan fingerprint density at radius 1 is 1.36 bits per heavy atom. The zero-order valence-corrected chi connectivity index (χ0v) is 13.0. The van der Waals surface area contributed by atoms with E-state index >= 15 is 0 Å². The standard InChI is InChI=1S/C17H20N4O/c1-11-9-14(12(2)19)17-13(15(11)10-18)3-4-16(20-17)21-5-7-22-8-6-21/h3-4,9,12H,5-8,19H2,1-2H3. The first kappa shape index (κ1) is 14.8. The molecule has 1 saturated heterocycles. The number of benzene rings is 1. The van der Waals surface area contributed by atoms with Gasteiger partial charge in [0.25, 0.3) is 0 Å². The summed E-state index contributed by atoms with van der Waals surface area (Å²) in [6.45, 7) is 7.00. The summed E-state index contributed by atoms with van der Waals surface area (Å²) in [5, 5.41) is 10.3. The third-order valence-corrected chi connectivity index (χ3v) is 4.13. The van der Waals surface area contributed by atoms with Gasteiger partial charge in [-0.05, 0) is 37.1 Å². The van der Waals surface area contributed by atoms with Crippen molar-refractivity contribution in [2.24, 2.45) is 5.73 Å². The SMILES string of the molecule is Cc1cc(C(C)N)c2nc(N3CCOCC3)ccc2c1C#N. The Hall–Kier alpha value is -2.16. The van der Waals surface area contributed by atoms with Crippen LogP contribution in [0.25, 0.3) is 10.9 Å².